The number of carbonyl (C=O) groups excluding carboxylic acids is 1. The molecule has 23 heavy (non-hydrogen) atoms. The number of amides is 1. The summed E-state index contributed by atoms with van der Waals surface area (Å²) < 4.78 is 5.61. The van der Waals surface area contributed by atoms with Crippen molar-refractivity contribution in [2.75, 3.05) is 18.5 Å². The maximum atomic E-state index is 12.1. The molecule has 1 aliphatic heterocycles. The summed E-state index contributed by atoms with van der Waals surface area (Å²) in [7, 11) is 0. The number of nitriles is 1. The molecule has 0 bridgehead atoms. The van der Waals surface area contributed by atoms with Crippen molar-refractivity contribution >= 4 is 11.6 Å². The predicted octanol–water partition coefficient (Wildman–Crippen LogP) is 1.97. The number of benzene rings is 1. The molecule has 1 aromatic rings. The Morgan fingerprint density at radius 2 is 2.30 bits per heavy atom. The summed E-state index contributed by atoms with van der Waals surface area (Å²) in [5.74, 6) is 0.321. The fourth-order valence-electron chi connectivity index (χ4n) is 2.36. The van der Waals surface area contributed by atoms with Gasteiger partial charge >= 0.3 is 0 Å². The van der Waals surface area contributed by atoms with Crippen LogP contribution in [0, 0.1) is 17.2 Å². The van der Waals surface area contributed by atoms with Crippen molar-refractivity contribution in [3.05, 3.63) is 23.8 Å². The van der Waals surface area contributed by atoms with E-state index in [0.717, 1.165) is 5.56 Å². The molecule has 2 rings (SSSR count). The van der Waals surface area contributed by atoms with Crippen LogP contribution in [0.1, 0.15) is 38.9 Å². The van der Waals surface area contributed by atoms with E-state index in [1.165, 1.54) is 0 Å². The van der Waals surface area contributed by atoms with Gasteiger partial charge < -0.3 is 20.5 Å². The standard InChI is InChI=1S/C17H23N3O3/c1-11(2)17(3,10-18)20-15(22)9-19-13-6-4-5-12-14(21)7-8-23-16(12)13/h4-6,11,14,19,21H,7-9H2,1-3H3,(H,20,22). The quantitative estimate of drug-likeness (QED) is 0.772. The van der Waals surface area contributed by atoms with Crippen LogP contribution in [-0.2, 0) is 4.79 Å². The third-order valence-corrected chi connectivity index (χ3v) is 4.27. The molecule has 6 nitrogen and oxygen atoms in total. The third-order valence-electron chi connectivity index (χ3n) is 4.27. The number of nitrogens with one attached hydrogen (secondary N) is 2. The van der Waals surface area contributed by atoms with Gasteiger partial charge in [0.05, 0.1) is 31.0 Å². The molecule has 1 amide bonds. The van der Waals surface area contributed by atoms with Gasteiger partial charge in [0.15, 0.2) is 0 Å². The number of rotatable bonds is 5. The van der Waals surface area contributed by atoms with E-state index in [1.54, 1.807) is 13.0 Å². The maximum absolute atomic E-state index is 12.1. The van der Waals surface area contributed by atoms with Crippen molar-refractivity contribution in [2.24, 2.45) is 5.92 Å². The summed E-state index contributed by atoms with van der Waals surface area (Å²) in [5, 5.41) is 25.0. The molecule has 2 unspecified atom stereocenters. The van der Waals surface area contributed by atoms with Gasteiger partial charge in [0.2, 0.25) is 5.91 Å². The van der Waals surface area contributed by atoms with Crippen LogP contribution in [0.2, 0.25) is 0 Å². The molecule has 0 aliphatic carbocycles. The molecule has 1 aliphatic rings. The highest BCUT2D eigenvalue weighted by molar-refractivity contribution is 5.82. The minimum Gasteiger partial charge on any atom is -0.491 e. The van der Waals surface area contributed by atoms with E-state index in [0.29, 0.717) is 24.5 Å². The van der Waals surface area contributed by atoms with Crippen LogP contribution in [-0.4, -0.2) is 29.7 Å². The summed E-state index contributed by atoms with van der Waals surface area (Å²) in [6.07, 6.45) is 0.0171. The zero-order chi connectivity index (χ0) is 17.0. The van der Waals surface area contributed by atoms with Crippen molar-refractivity contribution < 1.29 is 14.6 Å². The van der Waals surface area contributed by atoms with Crippen LogP contribution < -0.4 is 15.4 Å². The molecule has 0 saturated heterocycles. The summed E-state index contributed by atoms with van der Waals surface area (Å²) in [5.41, 5.74) is 0.493. The first-order valence-electron chi connectivity index (χ1n) is 7.77. The first-order chi connectivity index (χ1) is 10.9. The lowest BCUT2D eigenvalue weighted by Gasteiger charge is -2.28. The highest BCUT2D eigenvalue weighted by Crippen LogP contribution is 2.37. The second-order valence-electron chi connectivity index (χ2n) is 6.25. The van der Waals surface area contributed by atoms with Crippen LogP contribution in [0.25, 0.3) is 0 Å². The van der Waals surface area contributed by atoms with Crippen molar-refractivity contribution in [1.82, 2.24) is 5.32 Å². The van der Waals surface area contributed by atoms with Crippen molar-refractivity contribution in [1.29, 1.82) is 5.26 Å². The lowest BCUT2D eigenvalue weighted by Crippen LogP contribution is -2.50. The molecule has 0 fully saturated rings. The van der Waals surface area contributed by atoms with Crippen molar-refractivity contribution in [3.8, 4) is 11.8 Å². The highest BCUT2D eigenvalue weighted by atomic mass is 16.5. The van der Waals surface area contributed by atoms with Crippen LogP contribution >= 0.6 is 0 Å². The molecule has 124 valence electrons. The predicted molar refractivity (Wildman–Crippen MR) is 87.0 cm³/mol. The highest BCUT2D eigenvalue weighted by Gasteiger charge is 2.30. The SMILES string of the molecule is CC(C)C(C)(C#N)NC(=O)CNc1cccc2c1OCCC2O. The van der Waals surface area contributed by atoms with Gasteiger partial charge in [-0.1, -0.05) is 26.0 Å². The normalized spacial score (nSPS) is 19.0. The molecule has 3 N–H and O–H groups in total. The first-order valence-corrected chi connectivity index (χ1v) is 7.77. The molecule has 0 saturated carbocycles. The topological polar surface area (TPSA) is 94.4 Å². The van der Waals surface area contributed by atoms with E-state index in [4.69, 9.17) is 4.74 Å². The molecule has 2 atom stereocenters. The fourth-order valence-corrected chi connectivity index (χ4v) is 2.36. The van der Waals surface area contributed by atoms with Crippen molar-refractivity contribution in [3.63, 3.8) is 0 Å². The average molecular weight is 317 g/mol. The zero-order valence-corrected chi connectivity index (χ0v) is 13.7. The number of anilines is 1. The number of hydrogen-bond donors (Lipinski definition) is 3. The Balaban J connectivity index is 2.03. The second kappa shape index (κ2) is 6.88. The maximum Gasteiger partial charge on any atom is 0.240 e. The van der Waals surface area contributed by atoms with E-state index >= 15 is 0 Å². The summed E-state index contributed by atoms with van der Waals surface area (Å²) in [6.45, 7) is 5.96. The number of nitrogens with zero attached hydrogens (tertiary/aromatic N) is 1. The van der Waals surface area contributed by atoms with E-state index in [1.807, 2.05) is 26.0 Å². The molecule has 0 spiro atoms. The van der Waals surface area contributed by atoms with Crippen molar-refractivity contribution in [2.45, 2.75) is 38.8 Å². The summed E-state index contributed by atoms with van der Waals surface area (Å²) >= 11 is 0. The number of aliphatic hydroxyl groups is 1. The number of ether oxygens (including phenoxy) is 1. The zero-order valence-electron chi connectivity index (χ0n) is 13.7. The molecule has 1 aromatic carbocycles. The van der Waals surface area contributed by atoms with Gasteiger partial charge in [0.1, 0.15) is 11.3 Å². The van der Waals surface area contributed by atoms with Gasteiger partial charge in [0, 0.05) is 12.0 Å². The average Bonchev–Trinajstić information content (AvgIpc) is 2.53. The van der Waals surface area contributed by atoms with Gasteiger partial charge in [0.25, 0.3) is 0 Å². The van der Waals surface area contributed by atoms with Gasteiger partial charge in [-0.05, 0) is 18.9 Å². The van der Waals surface area contributed by atoms with E-state index < -0.39 is 11.6 Å². The number of aliphatic hydroxyl groups excluding tert-OH is 1. The van der Waals surface area contributed by atoms with Gasteiger partial charge in [-0.25, -0.2) is 0 Å². The first kappa shape index (κ1) is 17.1. The number of carbonyl (C=O) groups is 1. The molecule has 6 heteroatoms. The summed E-state index contributed by atoms with van der Waals surface area (Å²) in [4.78, 5) is 12.1. The molecule has 0 radical (unpaired) electrons. The largest absolute Gasteiger partial charge is 0.491 e. The van der Waals surface area contributed by atoms with E-state index in [9.17, 15) is 15.2 Å². The van der Waals surface area contributed by atoms with E-state index in [2.05, 4.69) is 16.7 Å². The van der Waals surface area contributed by atoms with Crippen LogP contribution in [0.3, 0.4) is 0 Å². The van der Waals surface area contributed by atoms with Crippen LogP contribution in [0.5, 0.6) is 5.75 Å². The van der Waals surface area contributed by atoms with Gasteiger partial charge in [-0.3, -0.25) is 4.79 Å². The second-order valence-corrected chi connectivity index (χ2v) is 6.25. The van der Waals surface area contributed by atoms with E-state index in [-0.39, 0.29) is 18.4 Å². The molecular weight excluding hydrogens is 294 g/mol. The molecular formula is C17H23N3O3. The van der Waals surface area contributed by atoms with Crippen LogP contribution in [0.4, 0.5) is 5.69 Å². The Bertz CT molecular complexity index is 624. The number of fused-ring (bicyclic) bond motifs is 1. The third kappa shape index (κ3) is 3.74. The van der Waals surface area contributed by atoms with Gasteiger partial charge in [-0.15, -0.1) is 0 Å². The lowest BCUT2D eigenvalue weighted by molar-refractivity contribution is -0.121. The summed E-state index contributed by atoms with van der Waals surface area (Å²) in [6, 6.07) is 7.57. The van der Waals surface area contributed by atoms with Crippen LogP contribution in [0.15, 0.2) is 18.2 Å². The minimum absolute atomic E-state index is 0.000541. The Hall–Kier alpha value is -2.26. The molecule has 0 aromatic heterocycles. The Kier molecular flexibility index (Phi) is 5.12. The monoisotopic (exact) mass is 317 g/mol. The lowest BCUT2D eigenvalue weighted by atomic mass is 9.90. The Morgan fingerprint density at radius 3 is 2.96 bits per heavy atom. The smallest absolute Gasteiger partial charge is 0.240 e. The number of hydrogen-bond acceptors (Lipinski definition) is 5. The number of para-hydroxylation sites is 1. The molecule has 1 heterocycles. The Labute approximate surface area is 136 Å². The Morgan fingerprint density at radius 1 is 1.57 bits per heavy atom. The fraction of sp³-hybridized carbons (Fsp3) is 0.529. The minimum atomic E-state index is -0.901. The van der Waals surface area contributed by atoms with Gasteiger partial charge in [-0.2, -0.15) is 5.26 Å².